The number of hydrogen-bond donors (Lipinski definition) is 1. The molecule has 0 bridgehead atoms. The molecule has 1 aliphatic heterocycles. The molecule has 0 aromatic heterocycles. The van der Waals surface area contributed by atoms with Gasteiger partial charge in [0.25, 0.3) is 0 Å². The maximum atomic E-state index is 13.0. The zero-order chi connectivity index (χ0) is 22.4. The zero-order valence-corrected chi connectivity index (χ0v) is 18.3. The minimum absolute atomic E-state index is 0.0545. The molecule has 0 spiro atoms. The standard InChI is InChI=1S/C24H28N2O5/c1-5-26-20(15-31-18-12-10-16(3)11-13-18)21(23(27)30-6-2)22(25-24(26)28)17-8-7-9-19(14-17)29-4/h7-14,22H,5-6,15H2,1-4H3,(H,25,28)/t22-/m1/s1. The van der Waals surface area contributed by atoms with Crippen molar-refractivity contribution in [2.24, 2.45) is 0 Å². The average Bonchev–Trinajstić information content (AvgIpc) is 2.78. The summed E-state index contributed by atoms with van der Waals surface area (Å²) in [4.78, 5) is 27.4. The molecular weight excluding hydrogens is 396 g/mol. The van der Waals surface area contributed by atoms with Crippen LogP contribution in [0.4, 0.5) is 4.79 Å². The maximum Gasteiger partial charge on any atom is 0.338 e. The monoisotopic (exact) mass is 424 g/mol. The molecular formula is C24H28N2O5. The number of nitrogens with zero attached hydrogens (tertiary/aromatic N) is 1. The lowest BCUT2D eigenvalue weighted by Crippen LogP contribution is -2.49. The number of urea groups is 1. The van der Waals surface area contributed by atoms with Crippen LogP contribution in [0.1, 0.15) is 31.0 Å². The highest BCUT2D eigenvalue weighted by molar-refractivity contribution is 5.95. The van der Waals surface area contributed by atoms with Gasteiger partial charge in [0.2, 0.25) is 0 Å². The van der Waals surface area contributed by atoms with Crippen LogP contribution in [0.5, 0.6) is 11.5 Å². The van der Waals surface area contributed by atoms with Crippen molar-refractivity contribution in [2.45, 2.75) is 26.8 Å². The normalized spacial score (nSPS) is 16.1. The number of methoxy groups -OCH3 is 1. The lowest BCUT2D eigenvalue weighted by Gasteiger charge is -2.36. The molecule has 7 nitrogen and oxygen atoms in total. The van der Waals surface area contributed by atoms with Gasteiger partial charge in [-0.2, -0.15) is 0 Å². The van der Waals surface area contributed by atoms with Gasteiger partial charge in [0.15, 0.2) is 0 Å². The second-order valence-electron chi connectivity index (χ2n) is 7.09. The highest BCUT2D eigenvalue weighted by Crippen LogP contribution is 2.33. The minimum atomic E-state index is -0.680. The molecule has 0 fully saturated rings. The van der Waals surface area contributed by atoms with E-state index in [1.807, 2.05) is 56.3 Å². The number of carbonyl (C=O) groups is 2. The maximum absolute atomic E-state index is 13.0. The van der Waals surface area contributed by atoms with Crippen LogP contribution in [0.3, 0.4) is 0 Å². The number of rotatable bonds is 8. The number of amides is 2. The van der Waals surface area contributed by atoms with Crippen LogP contribution >= 0.6 is 0 Å². The minimum Gasteiger partial charge on any atom is -0.497 e. The molecule has 1 N–H and O–H groups in total. The van der Waals surface area contributed by atoms with Crippen LogP contribution in [-0.2, 0) is 9.53 Å². The number of hydrogen-bond acceptors (Lipinski definition) is 5. The fraction of sp³-hybridized carbons (Fsp3) is 0.333. The van der Waals surface area contributed by atoms with Gasteiger partial charge in [-0.15, -0.1) is 0 Å². The highest BCUT2D eigenvalue weighted by atomic mass is 16.5. The van der Waals surface area contributed by atoms with E-state index in [9.17, 15) is 9.59 Å². The van der Waals surface area contributed by atoms with Crippen LogP contribution in [0.15, 0.2) is 59.8 Å². The van der Waals surface area contributed by atoms with Crippen molar-refractivity contribution in [3.05, 3.63) is 70.9 Å². The number of esters is 1. The Balaban J connectivity index is 2.06. The second kappa shape index (κ2) is 10.0. The van der Waals surface area contributed by atoms with Gasteiger partial charge in [0.1, 0.15) is 18.1 Å². The molecule has 7 heteroatoms. The van der Waals surface area contributed by atoms with Gasteiger partial charge in [-0.05, 0) is 50.6 Å². The molecule has 0 unspecified atom stereocenters. The predicted octanol–water partition coefficient (Wildman–Crippen LogP) is 3.99. The molecule has 1 atom stereocenters. The average molecular weight is 424 g/mol. The van der Waals surface area contributed by atoms with Gasteiger partial charge in [-0.3, -0.25) is 4.90 Å². The van der Waals surface area contributed by atoms with E-state index < -0.39 is 12.0 Å². The summed E-state index contributed by atoms with van der Waals surface area (Å²) < 4.78 is 16.6. The lowest BCUT2D eigenvalue weighted by molar-refractivity contribution is -0.139. The lowest BCUT2D eigenvalue weighted by atomic mass is 9.94. The van der Waals surface area contributed by atoms with E-state index in [4.69, 9.17) is 14.2 Å². The molecule has 164 valence electrons. The Morgan fingerprint density at radius 3 is 2.48 bits per heavy atom. The van der Waals surface area contributed by atoms with E-state index in [0.29, 0.717) is 29.3 Å². The van der Waals surface area contributed by atoms with Crippen LogP contribution < -0.4 is 14.8 Å². The van der Waals surface area contributed by atoms with Gasteiger partial charge >= 0.3 is 12.0 Å². The number of aryl methyl sites for hydroxylation is 1. The van der Waals surface area contributed by atoms with Crippen LogP contribution in [0, 0.1) is 6.92 Å². The first kappa shape index (κ1) is 22.2. The van der Waals surface area contributed by atoms with Crippen molar-refractivity contribution in [3.8, 4) is 11.5 Å². The molecule has 31 heavy (non-hydrogen) atoms. The summed E-state index contributed by atoms with van der Waals surface area (Å²) in [7, 11) is 1.57. The van der Waals surface area contributed by atoms with Crippen molar-refractivity contribution in [1.29, 1.82) is 0 Å². The number of carbonyl (C=O) groups excluding carboxylic acids is 2. The van der Waals surface area contributed by atoms with Crippen LogP contribution in [0.25, 0.3) is 0 Å². The van der Waals surface area contributed by atoms with Gasteiger partial charge in [-0.25, -0.2) is 9.59 Å². The Morgan fingerprint density at radius 1 is 1.10 bits per heavy atom. The van der Waals surface area contributed by atoms with E-state index >= 15 is 0 Å². The molecule has 0 radical (unpaired) electrons. The van der Waals surface area contributed by atoms with Crippen molar-refractivity contribution in [3.63, 3.8) is 0 Å². The van der Waals surface area contributed by atoms with Gasteiger partial charge in [0, 0.05) is 6.54 Å². The van der Waals surface area contributed by atoms with E-state index in [2.05, 4.69) is 5.32 Å². The van der Waals surface area contributed by atoms with E-state index in [1.165, 1.54) is 4.90 Å². The molecule has 3 rings (SSSR count). The Labute approximate surface area is 182 Å². The summed E-state index contributed by atoms with van der Waals surface area (Å²) >= 11 is 0. The first-order valence-corrected chi connectivity index (χ1v) is 10.3. The third-order valence-electron chi connectivity index (χ3n) is 5.07. The number of nitrogens with one attached hydrogen (secondary N) is 1. The third kappa shape index (κ3) is 4.99. The van der Waals surface area contributed by atoms with Crippen molar-refractivity contribution in [1.82, 2.24) is 10.2 Å². The summed E-state index contributed by atoms with van der Waals surface area (Å²) in [5, 5.41) is 2.93. The molecule has 0 saturated carbocycles. The van der Waals surface area contributed by atoms with Crippen molar-refractivity contribution in [2.75, 3.05) is 26.9 Å². The third-order valence-corrected chi connectivity index (χ3v) is 5.07. The second-order valence-corrected chi connectivity index (χ2v) is 7.09. The first-order chi connectivity index (χ1) is 15.0. The largest absolute Gasteiger partial charge is 0.497 e. The van der Waals surface area contributed by atoms with Crippen molar-refractivity contribution < 1.29 is 23.8 Å². The van der Waals surface area contributed by atoms with Crippen LogP contribution in [0.2, 0.25) is 0 Å². The number of ether oxygens (including phenoxy) is 3. The molecule has 2 aromatic rings. The molecule has 0 saturated heterocycles. The van der Waals surface area contributed by atoms with E-state index in [1.54, 1.807) is 20.1 Å². The SMILES string of the molecule is CCOC(=O)C1=C(COc2ccc(C)cc2)N(CC)C(=O)N[C@@H]1c1cccc(OC)c1. The predicted molar refractivity (Wildman–Crippen MR) is 117 cm³/mol. The molecule has 2 amide bonds. The van der Waals surface area contributed by atoms with Gasteiger partial charge in [0.05, 0.1) is 31.0 Å². The van der Waals surface area contributed by atoms with E-state index in [0.717, 1.165) is 11.1 Å². The summed E-state index contributed by atoms with van der Waals surface area (Å²) in [6, 6.07) is 13.9. The molecule has 2 aromatic carbocycles. The zero-order valence-electron chi connectivity index (χ0n) is 18.3. The number of benzene rings is 2. The topological polar surface area (TPSA) is 77.1 Å². The summed E-state index contributed by atoms with van der Waals surface area (Å²) in [5.74, 6) is 0.794. The molecule has 1 aliphatic rings. The summed E-state index contributed by atoms with van der Waals surface area (Å²) in [6.07, 6.45) is 0. The van der Waals surface area contributed by atoms with Crippen LogP contribution in [-0.4, -0.2) is 43.8 Å². The van der Waals surface area contributed by atoms with E-state index in [-0.39, 0.29) is 19.2 Å². The quantitative estimate of drug-likeness (QED) is 0.649. The number of likely N-dealkylation sites (N-methyl/N-ethyl adjacent to an activating group) is 1. The summed E-state index contributed by atoms with van der Waals surface area (Å²) in [6.45, 7) is 6.25. The molecule has 0 aliphatic carbocycles. The molecule has 1 heterocycles. The Kier molecular flexibility index (Phi) is 7.18. The highest BCUT2D eigenvalue weighted by Gasteiger charge is 2.38. The fourth-order valence-corrected chi connectivity index (χ4v) is 3.50. The van der Waals surface area contributed by atoms with Crippen molar-refractivity contribution >= 4 is 12.0 Å². The fourth-order valence-electron chi connectivity index (χ4n) is 3.50. The van der Waals surface area contributed by atoms with Gasteiger partial charge in [-0.1, -0.05) is 29.8 Å². The Morgan fingerprint density at radius 2 is 1.84 bits per heavy atom. The Hall–Kier alpha value is -3.48. The Bertz CT molecular complexity index is 968. The smallest absolute Gasteiger partial charge is 0.338 e. The first-order valence-electron chi connectivity index (χ1n) is 10.3. The summed E-state index contributed by atoms with van der Waals surface area (Å²) in [5.41, 5.74) is 2.67. The van der Waals surface area contributed by atoms with Gasteiger partial charge < -0.3 is 19.5 Å².